The lowest BCUT2D eigenvalue weighted by molar-refractivity contribution is 0.0697. The van der Waals surface area contributed by atoms with Crippen LogP contribution in [-0.4, -0.2) is 17.0 Å². The largest absolute Gasteiger partial charge is 0.478 e. The van der Waals surface area contributed by atoms with E-state index in [1.807, 2.05) is 36.4 Å². The Morgan fingerprint density at radius 1 is 0.889 bits per heavy atom. The first-order valence-electron chi connectivity index (χ1n) is 8.31. The Bertz CT molecular complexity index is 998. The van der Waals surface area contributed by atoms with Crippen molar-refractivity contribution >= 4 is 23.3 Å². The molecule has 0 atom stereocenters. The van der Waals surface area contributed by atoms with Crippen molar-refractivity contribution in [3.05, 3.63) is 83.4 Å². The van der Waals surface area contributed by atoms with Crippen LogP contribution in [0.3, 0.4) is 0 Å². The predicted octanol–water partition coefficient (Wildman–Crippen LogP) is 3.35. The van der Waals surface area contributed by atoms with Gasteiger partial charge in [-0.2, -0.15) is 0 Å². The monoisotopic (exact) mass is 361 g/mol. The number of nitrogen functional groups attached to an aromatic ring is 1. The first-order valence-corrected chi connectivity index (χ1v) is 8.31. The molecule has 0 saturated carbocycles. The Kier molecular flexibility index (Phi) is 5.08. The number of nitrogens with two attached hydrogens (primary N) is 2. The van der Waals surface area contributed by atoms with Gasteiger partial charge in [-0.05, 0) is 34.9 Å². The Morgan fingerprint density at radius 2 is 1.56 bits per heavy atom. The average molecular weight is 361 g/mol. The van der Waals surface area contributed by atoms with E-state index in [0.29, 0.717) is 23.5 Å². The summed E-state index contributed by atoms with van der Waals surface area (Å²) in [5, 5.41) is 12.4. The van der Waals surface area contributed by atoms with Gasteiger partial charge in [0.05, 0.1) is 16.9 Å². The van der Waals surface area contributed by atoms with Crippen LogP contribution < -0.4 is 16.8 Å². The first-order chi connectivity index (χ1) is 13.0. The minimum atomic E-state index is -1.04. The number of anilines is 2. The molecule has 0 aromatic heterocycles. The molecule has 0 radical (unpaired) electrons. The molecule has 0 unspecified atom stereocenters. The van der Waals surface area contributed by atoms with Gasteiger partial charge >= 0.3 is 5.97 Å². The maximum atomic E-state index is 11.6. The summed E-state index contributed by atoms with van der Waals surface area (Å²) in [4.78, 5) is 22.9. The zero-order valence-electron chi connectivity index (χ0n) is 14.5. The van der Waals surface area contributed by atoms with Crippen LogP contribution in [0.15, 0.2) is 66.7 Å². The molecule has 1 amide bonds. The summed E-state index contributed by atoms with van der Waals surface area (Å²) in [5.74, 6) is -1.51. The van der Waals surface area contributed by atoms with Gasteiger partial charge in [0.25, 0.3) is 0 Å². The Balaban J connectivity index is 1.80. The van der Waals surface area contributed by atoms with Gasteiger partial charge in [-0.25, -0.2) is 4.79 Å². The number of benzene rings is 3. The molecule has 0 bridgehead atoms. The van der Waals surface area contributed by atoms with Crippen LogP contribution in [0.5, 0.6) is 0 Å². The molecule has 6 heteroatoms. The van der Waals surface area contributed by atoms with Crippen LogP contribution >= 0.6 is 0 Å². The molecule has 0 saturated heterocycles. The Hall–Kier alpha value is -3.80. The van der Waals surface area contributed by atoms with Gasteiger partial charge in [0, 0.05) is 12.1 Å². The van der Waals surface area contributed by atoms with E-state index in [9.17, 15) is 14.7 Å². The van der Waals surface area contributed by atoms with Gasteiger partial charge in [-0.3, -0.25) is 4.79 Å². The first kappa shape index (κ1) is 18.0. The minimum absolute atomic E-state index is 0.127. The average Bonchev–Trinajstić information content (AvgIpc) is 2.67. The van der Waals surface area contributed by atoms with Crippen LogP contribution in [0.25, 0.3) is 11.1 Å². The van der Waals surface area contributed by atoms with E-state index < -0.39 is 11.9 Å². The van der Waals surface area contributed by atoms with E-state index in [0.717, 1.165) is 16.7 Å². The number of carboxylic acids is 1. The molecule has 3 aromatic rings. The zero-order chi connectivity index (χ0) is 19.4. The molecule has 0 aliphatic carbocycles. The van der Waals surface area contributed by atoms with E-state index in [4.69, 9.17) is 11.5 Å². The number of nitrogens with one attached hydrogen (secondary N) is 1. The summed E-state index contributed by atoms with van der Waals surface area (Å²) in [7, 11) is 0. The summed E-state index contributed by atoms with van der Waals surface area (Å²) in [6, 6.07) is 19.5. The third kappa shape index (κ3) is 3.90. The number of amides is 1. The number of hydrogen-bond donors (Lipinski definition) is 4. The van der Waals surface area contributed by atoms with Crippen molar-refractivity contribution in [2.75, 3.05) is 11.1 Å². The second kappa shape index (κ2) is 7.61. The standard InChI is InChI=1S/C21H19N3O3/c22-18-7-3-6-17(21(26)27)19(18)24-12-13-8-10-14(11-9-13)15-4-1-2-5-16(15)20(23)25/h1-11,24H,12,22H2,(H2,23,25)(H,26,27). The number of rotatable bonds is 6. The molecule has 0 aliphatic heterocycles. The van der Waals surface area contributed by atoms with Gasteiger partial charge in [-0.1, -0.05) is 48.5 Å². The zero-order valence-corrected chi connectivity index (χ0v) is 14.5. The lowest BCUT2D eigenvalue weighted by Crippen LogP contribution is -2.12. The molecule has 6 N–H and O–H groups in total. The third-order valence-electron chi connectivity index (χ3n) is 4.25. The maximum Gasteiger partial charge on any atom is 0.337 e. The summed E-state index contributed by atoms with van der Waals surface area (Å²) < 4.78 is 0. The van der Waals surface area contributed by atoms with Crippen LogP contribution in [0, 0.1) is 0 Å². The molecule has 3 rings (SSSR count). The van der Waals surface area contributed by atoms with Crippen LogP contribution in [0.2, 0.25) is 0 Å². The third-order valence-corrected chi connectivity index (χ3v) is 4.25. The minimum Gasteiger partial charge on any atom is -0.478 e. The number of carbonyl (C=O) groups excluding carboxylic acids is 1. The SMILES string of the molecule is NC(=O)c1ccccc1-c1ccc(CNc2c(N)cccc2C(=O)O)cc1. The Morgan fingerprint density at radius 3 is 2.22 bits per heavy atom. The van der Waals surface area contributed by atoms with Crippen molar-refractivity contribution in [1.82, 2.24) is 0 Å². The highest BCUT2D eigenvalue weighted by Crippen LogP contribution is 2.26. The lowest BCUT2D eigenvalue weighted by Gasteiger charge is -2.13. The summed E-state index contributed by atoms with van der Waals surface area (Å²) in [5.41, 5.74) is 15.3. The van der Waals surface area contributed by atoms with Gasteiger partial charge in [0.2, 0.25) is 5.91 Å². The summed E-state index contributed by atoms with van der Waals surface area (Å²) >= 11 is 0. The number of aromatic carboxylic acids is 1. The lowest BCUT2D eigenvalue weighted by atomic mass is 9.98. The van der Waals surface area contributed by atoms with Crippen LogP contribution in [0.4, 0.5) is 11.4 Å². The highest BCUT2D eigenvalue weighted by Gasteiger charge is 2.12. The number of hydrogen-bond acceptors (Lipinski definition) is 4. The molecular weight excluding hydrogens is 342 g/mol. The van der Waals surface area contributed by atoms with Crippen molar-refractivity contribution in [3.63, 3.8) is 0 Å². The highest BCUT2D eigenvalue weighted by molar-refractivity contribution is 6.00. The summed E-state index contributed by atoms with van der Waals surface area (Å²) in [6.45, 7) is 0.409. The molecule has 0 aliphatic rings. The van der Waals surface area contributed by atoms with E-state index in [1.165, 1.54) is 6.07 Å². The molecule has 6 nitrogen and oxygen atoms in total. The summed E-state index contributed by atoms with van der Waals surface area (Å²) in [6.07, 6.45) is 0. The fourth-order valence-electron chi connectivity index (χ4n) is 2.89. The molecule has 3 aromatic carbocycles. The number of carbonyl (C=O) groups is 2. The smallest absolute Gasteiger partial charge is 0.337 e. The number of carboxylic acid groups (broad SMARTS) is 1. The van der Waals surface area contributed by atoms with Crippen molar-refractivity contribution in [3.8, 4) is 11.1 Å². The molecule has 27 heavy (non-hydrogen) atoms. The predicted molar refractivity (Wildman–Crippen MR) is 106 cm³/mol. The second-order valence-electron chi connectivity index (χ2n) is 6.04. The normalized spacial score (nSPS) is 10.4. The van der Waals surface area contributed by atoms with Gasteiger partial charge in [0.15, 0.2) is 0 Å². The number of primary amides is 1. The second-order valence-corrected chi connectivity index (χ2v) is 6.04. The Labute approximate surface area is 156 Å². The molecule has 0 fully saturated rings. The van der Waals surface area contributed by atoms with E-state index in [-0.39, 0.29) is 5.56 Å². The van der Waals surface area contributed by atoms with Crippen molar-refractivity contribution in [2.24, 2.45) is 5.73 Å². The molecule has 0 spiro atoms. The molecular formula is C21H19N3O3. The molecule has 0 heterocycles. The van der Waals surface area contributed by atoms with E-state index in [1.54, 1.807) is 24.3 Å². The fourth-order valence-corrected chi connectivity index (χ4v) is 2.89. The van der Waals surface area contributed by atoms with Crippen LogP contribution in [-0.2, 0) is 6.54 Å². The quantitative estimate of drug-likeness (QED) is 0.502. The highest BCUT2D eigenvalue weighted by atomic mass is 16.4. The molecule has 136 valence electrons. The maximum absolute atomic E-state index is 11.6. The fraction of sp³-hybridized carbons (Fsp3) is 0.0476. The number of para-hydroxylation sites is 1. The van der Waals surface area contributed by atoms with Gasteiger partial charge < -0.3 is 21.9 Å². The van der Waals surface area contributed by atoms with Crippen LogP contribution in [0.1, 0.15) is 26.3 Å². The van der Waals surface area contributed by atoms with Gasteiger partial charge in [-0.15, -0.1) is 0 Å². The van der Waals surface area contributed by atoms with Crippen molar-refractivity contribution in [1.29, 1.82) is 0 Å². The van der Waals surface area contributed by atoms with Gasteiger partial charge in [0.1, 0.15) is 0 Å². The van der Waals surface area contributed by atoms with Crippen molar-refractivity contribution < 1.29 is 14.7 Å². The van der Waals surface area contributed by atoms with E-state index >= 15 is 0 Å². The van der Waals surface area contributed by atoms with Crippen molar-refractivity contribution in [2.45, 2.75) is 6.54 Å². The van der Waals surface area contributed by atoms with E-state index in [2.05, 4.69) is 5.32 Å². The topological polar surface area (TPSA) is 118 Å².